The van der Waals surface area contributed by atoms with E-state index in [1.165, 1.54) is 12.1 Å². The van der Waals surface area contributed by atoms with Gasteiger partial charge in [0.25, 0.3) is 0 Å². The van der Waals surface area contributed by atoms with Gasteiger partial charge in [-0.3, -0.25) is 4.99 Å². The summed E-state index contributed by atoms with van der Waals surface area (Å²) in [5.74, 6) is 0.731. The number of halogens is 3. The highest BCUT2D eigenvalue weighted by Gasteiger charge is 2.31. The fourth-order valence-electron chi connectivity index (χ4n) is 2.92. The van der Waals surface area contributed by atoms with Gasteiger partial charge in [0.1, 0.15) is 0 Å². The van der Waals surface area contributed by atoms with Gasteiger partial charge in [-0.1, -0.05) is 13.0 Å². The second-order valence-corrected chi connectivity index (χ2v) is 8.97. The Bertz CT molecular complexity index is 773. The molecule has 0 amide bonds. The van der Waals surface area contributed by atoms with Crippen LogP contribution in [0.4, 0.5) is 18.9 Å². The molecule has 1 aliphatic heterocycles. The zero-order valence-corrected chi connectivity index (χ0v) is 17.0. The Labute approximate surface area is 164 Å². The minimum absolute atomic E-state index is 0.00257. The number of alkyl halides is 3. The Morgan fingerprint density at radius 1 is 1.18 bits per heavy atom. The third-order valence-corrected chi connectivity index (χ3v) is 6.24. The summed E-state index contributed by atoms with van der Waals surface area (Å²) < 4.78 is 62.0. The van der Waals surface area contributed by atoms with E-state index in [2.05, 4.69) is 10.3 Å². The maximum atomic E-state index is 12.9. The summed E-state index contributed by atoms with van der Waals surface area (Å²) in [5.41, 5.74) is -0.107. The molecule has 0 bridgehead atoms. The number of nitrogens with zero attached hydrogens (tertiary/aromatic N) is 3. The lowest BCUT2D eigenvalue weighted by atomic mass is 10.1. The van der Waals surface area contributed by atoms with Crippen LogP contribution in [0.25, 0.3) is 0 Å². The van der Waals surface area contributed by atoms with Crippen molar-refractivity contribution in [2.45, 2.75) is 20.0 Å². The van der Waals surface area contributed by atoms with Crippen molar-refractivity contribution in [2.24, 2.45) is 4.99 Å². The van der Waals surface area contributed by atoms with Gasteiger partial charge in [-0.25, -0.2) is 8.42 Å². The predicted octanol–water partition coefficient (Wildman–Crippen LogP) is 2.23. The van der Waals surface area contributed by atoms with Gasteiger partial charge in [0.2, 0.25) is 0 Å². The van der Waals surface area contributed by atoms with Crippen molar-refractivity contribution in [3.05, 3.63) is 29.8 Å². The molecule has 10 heteroatoms. The number of nitrogens with one attached hydrogen (secondary N) is 1. The van der Waals surface area contributed by atoms with Crippen molar-refractivity contribution in [3.8, 4) is 0 Å². The van der Waals surface area contributed by atoms with Crippen LogP contribution < -0.4 is 10.2 Å². The maximum absolute atomic E-state index is 12.9. The first-order chi connectivity index (χ1) is 13.2. The number of anilines is 1. The summed E-state index contributed by atoms with van der Waals surface area (Å²) in [6.07, 6.45) is -4.36. The average Bonchev–Trinajstić information content (AvgIpc) is 2.67. The number of hydrogen-bond donors (Lipinski definition) is 1. The van der Waals surface area contributed by atoms with Crippen LogP contribution in [0.1, 0.15) is 19.4 Å². The molecule has 1 N–H and O–H groups in total. The molecular formula is C18H27F3N4O2S. The smallest absolute Gasteiger partial charge is 0.368 e. The highest BCUT2D eigenvalue weighted by molar-refractivity contribution is 7.91. The minimum atomic E-state index is -4.36. The van der Waals surface area contributed by atoms with Crippen molar-refractivity contribution in [1.82, 2.24) is 10.2 Å². The zero-order chi connectivity index (χ0) is 20.8. The van der Waals surface area contributed by atoms with Crippen LogP contribution in [0.2, 0.25) is 0 Å². The maximum Gasteiger partial charge on any atom is 0.416 e. The Morgan fingerprint density at radius 3 is 2.43 bits per heavy atom. The summed E-state index contributed by atoms with van der Waals surface area (Å²) in [4.78, 5) is 8.32. The van der Waals surface area contributed by atoms with Crippen molar-refractivity contribution in [2.75, 3.05) is 55.7 Å². The van der Waals surface area contributed by atoms with Crippen LogP contribution >= 0.6 is 0 Å². The lowest BCUT2D eigenvalue weighted by molar-refractivity contribution is -0.137. The van der Waals surface area contributed by atoms with E-state index in [9.17, 15) is 21.6 Å². The molecule has 1 aromatic carbocycles. The molecule has 0 aliphatic carbocycles. The van der Waals surface area contributed by atoms with Crippen LogP contribution in [0.15, 0.2) is 29.3 Å². The zero-order valence-electron chi connectivity index (χ0n) is 16.2. The number of rotatable bonds is 6. The standard InChI is InChI=1S/C18H27F3N4O2S/c1-3-22-17(23-8-13-28(26,27)4-2)25-11-9-24(10-12-25)16-7-5-6-15(14-16)18(19,20)21/h5-7,14H,3-4,8-13H2,1-2H3,(H,22,23). The highest BCUT2D eigenvalue weighted by atomic mass is 32.2. The van der Waals surface area contributed by atoms with Crippen molar-refractivity contribution < 1.29 is 21.6 Å². The van der Waals surface area contributed by atoms with Crippen molar-refractivity contribution in [3.63, 3.8) is 0 Å². The average molecular weight is 421 g/mol. The second-order valence-electron chi connectivity index (χ2n) is 6.49. The highest BCUT2D eigenvalue weighted by Crippen LogP contribution is 2.31. The van der Waals surface area contributed by atoms with Gasteiger partial charge in [0.15, 0.2) is 15.8 Å². The van der Waals surface area contributed by atoms with E-state index in [1.54, 1.807) is 13.0 Å². The molecule has 1 fully saturated rings. The van der Waals surface area contributed by atoms with E-state index < -0.39 is 21.6 Å². The molecule has 0 radical (unpaired) electrons. The summed E-state index contributed by atoms with van der Waals surface area (Å²) in [6.45, 7) is 6.65. The molecule has 0 unspecified atom stereocenters. The first kappa shape index (κ1) is 22.3. The number of piperazine rings is 1. The summed E-state index contributed by atoms with van der Waals surface area (Å²) in [7, 11) is -3.08. The van der Waals surface area contributed by atoms with Gasteiger partial charge in [-0.15, -0.1) is 0 Å². The third kappa shape index (κ3) is 6.29. The molecule has 6 nitrogen and oxygen atoms in total. The number of hydrogen-bond acceptors (Lipinski definition) is 4. The largest absolute Gasteiger partial charge is 0.416 e. The Kier molecular flexibility index (Phi) is 7.56. The predicted molar refractivity (Wildman–Crippen MR) is 106 cm³/mol. The van der Waals surface area contributed by atoms with E-state index in [1.807, 2.05) is 16.7 Å². The van der Waals surface area contributed by atoms with E-state index in [0.29, 0.717) is 44.4 Å². The molecule has 1 heterocycles. The van der Waals surface area contributed by atoms with Gasteiger partial charge >= 0.3 is 6.18 Å². The van der Waals surface area contributed by atoms with E-state index >= 15 is 0 Å². The summed E-state index contributed by atoms with van der Waals surface area (Å²) in [5, 5.41) is 3.15. The SMILES string of the molecule is CCNC(=NCCS(=O)(=O)CC)N1CCN(c2cccc(C(F)(F)F)c2)CC1. The molecule has 158 valence electrons. The first-order valence-corrected chi connectivity index (χ1v) is 11.1. The fraction of sp³-hybridized carbons (Fsp3) is 0.611. The summed E-state index contributed by atoms with van der Waals surface area (Å²) in [6, 6.07) is 5.34. The van der Waals surface area contributed by atoms with E-state index in [-0.39, 0.29) is 18.1 Å². The van der Waals surface area contributed by atoms with Crippen LogP contribution in [-0.4, -0.2) is 70.1 Å². The molecule has 0 aromatic heterocycles. The van der Waals surface area contributed by atoms with Gasteiger partial charge in [-0.05, 0) is 25.1 Å². The minimum Gasteiger partial charge on any atom is -0.368 e. The van der Waals surface area contributed by atoms with Crippen molar-refractivity contribution in [1.29, 1.82) is 0 Å². The first-order valence-electron chi connectivity index (χ1n) is 9.32. The molecule has 1 aliphatic rings. The monoisotopic (exact) mass is 420 g/mol. The van der Waals surface area contributed by atoms with Gasteiger partial charge < -0.3 is 15.1 Å². The second kappa shape index (κ2) is 9.49. The molecule has 0 saturated carbocycles. The topological polar surface area (TPSA) is 65.0 Å². The fourth-order valence-corrected chi connectivity index (χ4v) is 3.57. The number of benzene rings is 1. The van der Waals surface area contributed by atoms with Crippen molar-refractivity contribution >= 4 is 21.5 Å². The molecule has 2 rings (SSSR count). The molecule has 0 atom stereocenters. The number of aliphatic imine (C=N–C) groups is 1. The molecule has 1 saturated heterocycles. The Balaban J connectivity index is 2.00. The van der Waals surface area contributed by atoms with Crippen LogP contribution in [0.5, 0.6) is 0 Å². The Hall–Kier alpha value is -1.97. The van der Waals surface area contributed by atoms with Gasteiger partial charge in [0, 0.05) is 44.2 Å². The number of guanidine groups is 1. The van der Waals surface area contributed by atoms with Crippen LogP contribution in [0.3, 0.4) is 0 Å². The molecule has 28 heavy (non-hydrogen) atoms. The van der Waals surface area contributed by atoms with Gasteiger partial charge in [-0.2, -0.15) is 13.2 Å². The number of sulfone groups is 1. The normalized spacial score (nSPS) is 16.4. The van der Waals surface area contributed by atoms with E-state index in [4.69, 9.17) is 0 Å². The Morgan fingerprint density at radius 2 is 1.86 bits per heavy atom. The van der Waals surface area contributed by atoms with E-state index in [0.717, 1.165) is 6.07 Å². The van der Waals surface area contributed by atoms with Gasteiger partial charge in [0.05, 0.1) is 17.9 Å². The molecule has 1 aromatic rings. The summed E-state index contributed by atoms with van der Waals surface area (Å²) >= 11 is 0. The third-order valence-electron chi connectivity index (χ3n) is 4.56. The lowest BCUT2D eigenvalue weighted by Crippen LogP contribution is -2.52. The molecule has 0 spiro atoms. The van der Waals surface area contributed by atoms with Crippen LogP contribution in [-0.2, 0) is 16.0 Å². The molecular weight excluding hydrogens is 393 g/mol. The van der Waals surface area contributed by atoms with Crippen LogP contribution in [0, 0.1) is 0 Å². The lowest BCUT2D eigenvalue weighted by Gasteiger charge is -2.38. The quantitative estimate of drug-likeness (QED) is 0.565.